The highest BCUT2D eigenvalue weighted by Crippen LogP contribution is 2.26. The molecule has 0 aromatic carbocycles. The highest BCUT2D eigenvalue weighted by molar-refractivity contribution is 7.98. The molecular formula is C8H11NO2S. The summed E-state index contributed by atoms with van der Waals surface area (Å²) in [5.41, 5.74) is 0. The van der Waals surface area contributed by atoms with Crippen LogP contribution in [0.5, 0.6) is 11.6 Å². The minimum absolute atomic E-state index is 0.532. The van der Waals surface area contributed by atoms with Crippen molar-refractivity contribution in [1.29, 1.82) is 0 Å². The Morgan fingerprint density at radius 1 is 1.25 bits per heavy atom. The van der Waals surface area contributed by atoms with Gasteiger partial charge in [0, 0.05) is 0 Å². The van der Waals surface area contributed by atoms with Crippen molar-refractivity contribution >= 4 is 11.8 Å². The van der Waals surface area contributed by atoms with Crippen molar-refractivity contribution in [3.05, 3.63) is 12.1 Å². The Labute approximate surface area is 76.1 Å². The maximum absolute atomic E-state index is 5.04. The molecule has 0 spiro atoms. The fraction of sp³-hybridized carbons (Fsp3) is 0.375. The number of ether oxygens (including phenoxy) is 2. The van der Waals surface area contributed by atoms with E-state index in [1.807, 2.05) is 18.4 Å². The number of nitrogens with zero attached hydrogens (tertiary/aromatic N) is 1. The van der Waals surface area contributed by atoms with E-state index in [0.717, 1.165) is 5.03 Å². The van der Waals surface area contributed by atoms with Gasteiger partial charge in [0.15, 0.2) is 5.75 Å². The zero-order valence-corrected chi connectivity index (χ0v) is 8.14. The third-order valence-electron chi connectivity index (χ3n) is 1.42. The second kappa shape index (κ2) is 4.21. The third kappa shape index (κ3) is 1.82. The highest BCUT2D eigenvalue weighted by Gasteiger charge is 2.04. The third-order valence-corrected chi connectivity index (χ3v) is 2.07. The summed E-state index contributed by atoms with van der Waals surface area (Å²) >= 11 is 1.57. The summed E-state index contributed by atoms with van der Waals surface area (Å²) in [6, 6.07) is 3.74. The molecule has 1 rings (SSSR count). The summed E-state index contributed by atoms with van der Waals surface area (Å²) in [5, 5.41) is 0.924. The van der Waals surface area contributed by atoms with Crippen LogP contribution < -0.4 is 9.47 Å². The van der Waals surface area contributed by atoms with Crippen LogP contribution in [0, 0.1) is 0 Å². The van der Waals surface area contributed by atoms with Crippen molar-refractivity contribution in [2.24, 2.45) is 0 Å². The van der Waals surface area contributed by atoms with Crippen LogP contribution in [-0.4, -0.2) is 25.5 Å². The summed E-state index contributed by atoms with van der Waals surface area (Å²) in [6.07, 6.45) is 1.97. The molecular weight excluding hydrogens is 174 g/mol. The van der Waals surface area contributed by atoms with Gasteiger partial charge in [0.05, 0.1) is 14.2 Å². The Bertz CT molecular complexity index is 265. The molecule has 0 fully saturated rings. The quantitative estimate of drug-likeness (QED) is 0.672. The molecule has 0 saturated heterocycles. The lowest BCUT2D eigenvalue weighted by molar-refractivity contribution is 0.340. The van der Waals surface area contributed by atoms with E-state index in [-0.39, 0.29) is 0 Å². The number of aromatic nitrogens is 1. The van der Waals surface area contributed by atoms with E-state index < -0.39 is 0 Å². The molecule has 0 amide bonds. The van der Waals surface area contributed by atoms with E-state index in [1.165, 1.54) is 0 Å². The van der Waals surface area contributed by atoms with E-state index in [0.29, 0.717) is 11.6 Å². The zero-order chi connectivity index (χ0) is 8.97. The van der Waals surface area contributed by atoms with E-state index in [2.05, 4.69) is 4.98 Å². The smallest absolute Gasteiger partial charge is 0.257 e. The highest BCUT2D eigenvalue weighted by atomic mass is 32.2. The molecule has 0 aliphatic carbocycles. The molecule has 0 bridgehead atoms. The Hall–Kier alpha value is -0.900. The van der Waals surface area contributed by atoms with Crippen LogP contribution in [-0.2, 0) is 0 Å². The Balaban J connectivity index is 3.02. The summed E-state index contributed by atoms with van der Waals surface area (Å²) < 4.78 is 10.1. The molecule has 0 aliphatic heterocycles. The van der Waals surface area contributed by atoms with Crippen molar-refractivity contribution in [1.82, 2.24) is 4.98 Å². The van der Waals surface area contributed by atoms with Gasteiger partial charge in [-0.25, -0.2) is 4.98 Å². The van der Waals surface area contributed by atoms with Gasteiger partial charge in [-0.3, -0.25) is 0 Å². The van der Waals surface area contributed by atoms with Crippen molar-refractivity contribution in [2.45, 2.75) is 5.03 Å². The number of pyridine rings is 1. The molecule has 1 aromatic rings. The first kappa shape index (κ1) is 9.19. The summed E-state index contributed by atoms with van der Waals surface area (Å²) in [6.45, 7) is 0. The van der Waals surface area contributed by atoms with E-state index in [1.54, 1.807) is 26.0 Å². The van der Waals surface area contributed by atoms with E-state index in [9.17, 15) is 0 Å². The van der Waals surface area contributed by atoms with Crippen molar-refractivity contribution < 1.29 is 9.47 Å². The summed E-state index contributed by atoms with van der Waals surface area (Å²) in [5.74, 6) is 1.19. The molecule has 1 aromatic heterocycles. The van der Waals surface area contributed by atoms with Gasteiger partial charge in [-0.05, 0) is 18.4 Å². The van der Waals surface area contributed by atoms with E-state index >= 15 is 0 Å². The zero-order valence-electron chi connectivity index (χ0n) is 7.33. The summed E-state index contributed by atoms with van der Waals surface area (Å²) in [4.78, 5) is 4.20. The summed E-state index contributed by atoms with van der Waals surface area (Å²) in [7, 11) is 3.17. The molecule has 0 radical (unpaired) electrons. The number of hydrogen-bond donors (Lipinski definition) is 0. The van der Waals surface area contributed by atoms with Gasteiger partial charge in [-0.15, -0.1) is 11.8 Å². The molecule has 0 unspecified atom stereocenters. The van der Waals surface area contributed by atoms with Gasteiger partial charge >= 0.3 is 0 Å². The average Bonchev–Trinajstić information content (AvgIpc) is 2.16. The molecule has 0 N–H and O–H groups in total. The molecule has 0 saturated carbocycles. The topological polar surface area (TPSA) is 31.4 Å². The van der Waals surface area contributed by atoms with Gasteiger partial charge < -0.3 is 9.47 Å². The van der Waals surface area contributed by atoms with Crippen molar-refractivity contribution in [2.75, 3.05) is 20.5 Å². The minimum Gasteiger partial charge on any atom is -0.491 e. The van der Waals surface area contributed by atoms with Crippen molar-refractivity contribution in [3.8, 4) is 11.6 Å². The van der Waals surface area contributed by atoms with Crippen LogP contribution in [0.1, 0.15) is 0 Å². The van der Waals surface area contributed by atoms with E-state index in [4.69, 9.17) is 9.47 Å². The molecule has 4 heteroatoms. The van der Waals surface area contributed by atoms with Crippen molar-refractivity contribution in [3.63, 3.8) is 0 Å². The van der Waals surface area contributed by atoms with Crippen LogP contribution in [0.2, 0.25) is 0 Å². The average molecular weight is 185 g/mol. The molecule has 66 valence electrons. The standard InChI is InChI=1S/C8H11NO2S/c1-10-6-4-5-7(12-3)9-8(6)11-2/h4-5H,1-3H3. The van der Waals surface area contributed by atoms with Gasteiger partial charge in [-0.1, -0.05) is 0 Å². The number of hydrogen-bond acceptors (Lipinski definition) is 4. The van der Waals surface area contributed by atoms with Crippen LogP contribution in [0.25, 0.3) is 0 Å². The van der Waals surface area contributed by atoms with Crippen LogP contribution in [0.4, 0.5) is 0 Å². The van der Waals surface area contributed by atoms with Crippen LogP contribution in [0.3, 0.4) is 0 Å². The SMILES string of the molecule is COc1ccc(SC)nc1OC. The fourth-order valence-electron chi connectivity index (χ4n) is 0.826. The molecule has 0 aliphatic rings. The normalized spacial score (nSPS) is 9.58. The predicted molar refractivity (Wildman–Crippen MR) is 49.1 cm³/mol. The number of methoxy groups -OCH3 is 2. The van der Waals surface area contributed by atoms with Gasteiger partial charge in [0.25, 0.3) is 5.88 Å². The maximum Gasteiger partial charge on any atom is 0.257 e. The van der Waals surface area contributed by atoms with Gasteiger partial charge in [0.2, 0.25) is 0 Å². The Morgan fingerprint density at radius 3 is 2.50 bits per heavy atom. The fourth-order valence-corrected chi connectivity index (χ4v) is 1.20. The first-order chi connectivity index (χ1) is 5.81. The predicted octanol–water partition coefficient (Wildman–Crippen LogP) is 1.82. The monoisotopic (exact) mass is 185 g/mol. The van der Waals surface area contributed by atoms with Crippen LogP contribution in [0.15, 0.2) is 17.2 Å². The first-order valence-corrected chi connectivity index (χ1v) is 4.67. The lowest BCUT2D eigenvalue weighted by Gasteiger charge is -2.06. The lowest BCUT2D eigenvalue weighted by Crippen LogP contribution is -1.93. The molecule has 0 atom stereocenters. The molecule has 3 nitrogen and oxygen atoms in total. The Kier molecular flexibility index (Phi) is 3.22. The number of rotatable bonds is 3. The minimum atomic E-state index is 0.532. The second-order valence-corrected chi connectivity index (χ2v) is 2.89. The first-order valence-electron chi connectivity index (χ1n) is 3.45. The largest absolute Gasteiger partial charge is 0.491 e. The molecule has 1 heterocycles. The van der Waals surface area contributed by atoms with Gasteiger partial charge in [0.1, 0.15) is 5.03 Å². The lowest BCUT2D eigenvalue weighted by atomic mass is 10.4. The molecule has 12 heavy (non-hydrogen) atoms. The Morgan fingerprint density at radius 2 is 2.00 bits per heavy atom. The van der Waals surface area contributed by atoms with Gasteiger partial charge in [-0.2, -0.15) is 0 Å². The second-order valence-electron chi connectivity index (χ2n) is 2.07. The van der Waals surface area contributed by atoms with Crippen LogP contribution >= 0.6 is 11.8 Å². The maximum atomic E-state index is 5.04. The number of thioether (sulfide) groups is 1.